The lowest BCUT2D eigenvalue weighted by Gasteiger charge is -2.25. The van der Waals surface area contributed by atoms with Crippen LogP contribution in [0.15, 0.2) is 48.7 Å². The van der Waals surface area contributed by atoms with E-state index in [1.165, 1.54) is 4.90 Å². The van der Waals surface area contributed by atoms with Crippen LogP contribution in [-0.2, 0) is 11.3 Å². The molecule has 0 radical (unpaired) electrons. The van der Waals surface area contributed by atoms with Crippen LogP contribution in [0.5, 0.6) is 5.75 Å². The fraction of sp³-hybridized carbons (Fsp3) is 0.364. The number of rotatable bonds is 5. The number of amides is 1. The Hall–Kier alpha value is -4.41. The second kappa shape index (κ2) is 10.1. The number of hydrogen-bond acceptors (Lipinski definition) is 7. The molecule has 8 rings (SSSR count). The number of likely N-dealkylation sites (tertiary alicyclic amines) is 1. The summed E-state index contributed by atoms with van der Waals surface area (Å²) in [5.41, 5.74) is 7.10. The lowest BCUT2D eigenvalue weighted by molar-refractivity contribution is -0.267. The van der Waals surface area contributed by atoms with Crippen LogP contribution in [0.25, 0.3) is 44.2 Å². The zero-order chi connectivity index (χ0) is 29.2. The maximum atomic E-state index is 11.8. The topological polar surface area (TPSA) is 131 Å². The largest absolute Gasteiger partial charge is 0.530 e. The second-order valence-corrected chi connectivity index (χ2v) is 12.2. The number of carbonyl (C=O) groups excluding carboxylic acids is 1. The zero-order valence-corrected chi connectivity index (χ0v) is 24.1. The third kappa shape index (κ3) is 4.44. The van der Waals surface area contributed by atoms with Gasteiger partial charge in [0, 0.05) is 36.6 Å². The van der Waals surface area contributed by atoms with Gasteiger partial charge in [-0.25, -0.2) is 9.97 Å². The van der Waals surface area contributed by atoms with Crippen molar-refractivity contribution >= 4 is 27.9 Å². The van der Waals surface area contributed by atoms with Crippen LogP contribution in [0.2, 0.25) is 0 Å². The molecule has 43 heavy (non-hydrogen) atoms. The molecule has 5 aromatic rings. The van der Waals surface area contributed by atoms with Crippen LogP contribution in [0.1, 0.15) is 55.5 Å². The molecule has 4 atom stereocenters. The molecule has 0 aliphatic carbocycles. The van der Waals surface area contributed by atoms with Gasteiger partial charge in [-0.05, 0) is 72.5 Å². The van der Waals surface area contributed by atoms with E-state index < -0.39 is 6.09 Å². The molecule has 5 heterocycles. The molecule has 2 aromatic heterocycles. The van der Waals surface area contributed by atoms with Gasteiger partial charge in [-0.2, -0.15) is 0 Å². The first kappa shape index (κ1) is 26.2. The fourth-order valence-corrected chi connectivity index (χ4v) is 7.17. The Balaban J connectivity index is 1.10. The Morgan fingerprint density at radius 1 is 1.12 bits per heavy atom. The first-order valence-electron chi connectivity index (χ1n) is 15.0. The first-order valence-corrected chi connectivity index (χ1v) is 15.0. The number of imidazole rings is 2. The molecular weight excluding hydrogens is 544 g/mol. The average Bonchev–Trinajstić information content (AvgIpc) is 3.81. The maximum Gasteiger partial charge on any atom is 0.137 e. The van der Waals surface area contributed by atoms with Crippen molar-refractivity contribution in [2.75, 3.05) is 20.3 Å². The van der Waals surface area contributed by atoms with Crippen molar-refractivity contribution in [2.45, 2.75) is 50.9 Å². The van der Waals surface area contributed by atoms with E-state index in [1.54, 1.807) is 13.3 Å². The number of fused-ring (bicyclic) bond motifs is 6. The number of carboxylic acid groups (broad SMARTS) is 1. The van der Waals surface area contributed by atoms with E-state index in [0.717, 1.165) is 74.2 Å². The number of nitrogens with zero attached hydrogens (tertiary/aromatic N) is 3. The number of carbonyl (C=O) groups is 1. The number of nitrogens with one attached hydrogen (secondary N) is 3. The Morgan fingerprint density at radius 3 is 2.84 bits per heavy atom. The van der Waals surface area contributed by atoms with Crippen molar-refractivity contribution in [1.29, 1.82) is 0 Å². The van der Waals surface area contributed by atoms with Gasteiger partial charge in [-0.15, -0.1) is 0 Å². The molecule has 220 valence electrons. The molecule has 2 fully saturated rings. The van der Waals surface area contributed by atoms with Crippen molar-refractivity contribution in [3.63, 3.8) is 0 Å². The van der Waals surface area contributed by atoms with Crippen molar-refractivity contribution in [1.82, 2.24) is 30.2 Å². The third-order valence-corrected chi connectivity index (χ3v) is 9.32. The average molecular weight is 578 g/mol. The van der Waals surface area contributed by atoms with Crippen molar-refractivity contribution in [3.8, 4) is 28.1 Å². The van der Waals surface area contributed by atoms with Crippen molar-refractivity contribution in [2.24, 2.45) is 5.92 Å². The van der Waals surface area contributed by atoms with Gasteiger partial charge in [0.15, 0.2) is 0 Å². The van der Waals surface area contributed by atoms with E-state index in [-0.39, 0.29) is 18.0 Å². The van der Waals surface area contributed by atoms with E-state index in [9.17, 15) is 9.90 Å². The molecule has 3 aromatic carbocycles. The maximum absolute atomic E-state index is 11.8. The highest BCUT2D eigenvalue weighted by Gasteiger charge is 2.35. The number of hydrogen-bond donors (Lipinski definition) is 3. The van der Waals surface area contributed by atoms with E-state index in [4.69, 9.17) is 14.5 Å². The Morgan fingerprint density at radius 2 is 2.02 bits per heavy atom. The van der Waals surface area contributed by atoms with Crippen LogP contribution in [0, 0.1) is 5.92 Å². The van der Waals surface area contributed by atoms with Crippen LogP contribution < -0.4 is 15.2 Å². The van der Waals surface area contributed by atoms with E-state index in [2.05, 4.69) is 69.7 Å². The third-order valence-electron chi connectivity index (χ3n) is 9.32. The number of H-pyrrole nitrogens is 2. The molecule has 0 spiro atoms. The summed E-state index contributed by atoms with van der Waals surface area (Å²) in [6.45, 7) is 3.55. The van der Waals surface area contributed by atoms with Gasteiger partial charge in [-0.3, -0.25) is 0 Å². The minimum atomic E-state index is -1.19. The van der Waals surface area contributed by atoms with Gasteiger partial charge in [0.05, 0.1) is 41.6 Å². The summed E-state index contributed by atoms with van der Waals surface area (Å²) in [6, 6.07) is 15.3. The van der Waals surface area contributed by atoms with E-state index in [1.807, 2.05) is 0 Å². The molecule has 1 amide bonds. The molecule has 0 unspecified atom stereocenters. The van der Waals surface area contributed by atoms with Gasteiger partial charge in [0.25, 0.3) is 0 Å². The fourth-order valence-electron chi connectivity index (χ4n) is 7.17. The van der Waals surface area contributed by atoms with Gasteiger partial charge in [-0.1, -0.05) is 18.2 Å². The van der Waals surface area contributed by atoms with Crippen LogP contribution in [0.3, 0.4) is 0 Å². The van der Waals surface area contributed by atoms with Gasteiger partial charge in [0.1, 0.15) is 30.1 Å². The standard InChI is InChI=1S/C33H34N6O4/c1-17-3-7-26(35-17)31-36-25-8-5-19-11-24-22-6-4-20(10-21(22)16-43-29(24)12-23(19)30(25)38-31)27-13-34-32(37-27)28-9-18(15-42-2)14-39(28)33(40)41/h4-6,8,10-13,17-18,26,28,35H,3,7,9,14-16H2,1-2H3,(H,34,37)(H,36,38)(H,40,41)/p-1/t17-,18-,26-,28-/m0/s1. The first-order chi connectivity index (χ1) is 20.9. The second-order valence-electron chi connectivity index (χ2n) is 12.2. The molecule has 3 aliphatic rings. The Kier molecular flexibility index (Phi) is 6.16. The lowest BCUT2D eigenvalue weighted by Crippen LogP contribution is -2.41. The summed E-state index contributed by atoms with van der Waals surface area (Å²) >= 11 is 0. The minimum Gasteiger partial charge on any atom is -0.530 e. The highest BCUT2D eigenvalue weighted by Crippen LogP contribution is 2.43. The molecule has 10 heteroatoms. The quantitative estimate of drug-likeness (QED) is 0.273. The lowest BCUT2D eigenvalue weighted by atomic mass is 9.92. The van der Waals surface area contributed by atoms with Crippen molar-refractivity contribution in [3.05, 3.63) is 65.9 Å². The monoisotopic (exact) mass is 577 g/mol. The van der Waals surface area contributed by atoms with Crippen LogP contribution >= 0.6 is 0 Å². The van der Waals surface area contributed by atoms with E-state index in [0.29, 0.717) is 38.0 Å². The van der Waals surface area contributed by atoms with Gasteiger partial charge >= 0.3 is 0 Å². The summed E-state index contributed by atoms with van der Waals surface area (Å²) in [5.74, 6) is 2.59. The summed E-state index contributed by atoms with van der Waals surface area (Å²) in [6.07, 6.45) is 3.46. The van der Waals surface area contributed by atoms with Gasteiger partial charge < -0.3 is 39.6 Å². The minimum absolute atomic E-state index is 0.109. The number of aromatic amines is 2. The molecule has 2 saturated heterocycles. The summed E-state index contributed by atoms with van der Waals surface area (Å²) in [5, 5.41) is 17.6. The van der Waals surface area contributed by atoms with Gasteiger partial charge in [0.2, 0.25) is 0 Å². The zero-order valence-electron chi connectivity index (χ0n) is 24.1. The predicted octanol–water partition coefficient (Wildman–Crippen LogP) is 4.83. The molecule has 3 N–H and O–H groups in total. The summed E-state index contributed by atoms with van der Waals surface area (Å²) < 4.78 is 11.6. The van der Waals surface area contributed by atoms with Crippen molar-refractivity contribution < 1.29 is 19.4 Å². The van der Waals surface area contributed by atoms with Crippen LogP contribution in [0.4, 0.5) is 4.79 Å². The highest BCUT2D eigenvalue weighted by atomic mass is 16.5. The summed E-state index contributed by atoms with van der Waals surface area (Å²) in [7, 11) is 1.63. The molecule has 0 bridgehead atoms. The highest BCUT2D eigenvalue weighted by molar-refractivity contribution is 6.07. The van der Waals surface area contributed by atoms with E-state index >= 15 is 0 Å². The predicted molar refractivity (Wildman–Crippen MR) is 160 cm³/mol. The molecule has 10 nitrogen and oxygen atoms in total. The normalized spacial score (nSPS) is 23.1. The number of benzene rings is 3. The van der Waals surface area contributed by atoms with Crippen LogP contribution in [-0.4, -0.2) is 57.2 Å². The summed E-state index contributed by atoms with van der Waals surface area (Å²) in [4.78, 5) is 29.6. The number of methoxy groups -OCH3 is 1. The Bertz CT molecular complexity index is 1880. The Labute approximate surface area is 248 Å². The molecular formula is C33H33N6O4-. The SMILES string of the molecule is COC[C@H]1C[C@@H](c2ncc(-c3ccc4c(c3)COc3cc5c(ccc6[nH]c([C@@H]7CC[C@H](C)N7)nc65)cc3-4)[nH]2)N(C(=O)[O-])C1. The number of ether oxygens (including phenoxy) is 2. The smallest absolute Gasteiger partial charge is 0.137 e. The number of aromatic nitrogens is 4. The molecule has 3 aliphatic heterocycles. The molecule has 0 saturated carbocycles.